The molecule has 3 nitrogen and oxygen atoms in total. The summed E-state index contributed by atoms with van der Waals surface area (Å²) >= 11 is 0. The molecule has 0 saturated carbocycles. The van der Waals surface area contributed by atoms with Crippen molar-refractivity contribution in [2.45, 2.75) is 63.6 Å². The fourth-order valence-electron chi connectivity index (χ4n) is 3.85. The molecule has 0 radical (unpaired) electrons. The predicted octanol–water partition coefficient (Wildman–Crippen LogP) is 3.47. The van der Waals surface area contributed by atoms with Gasteiger partial charge in [-0.2, -0.15) is 0 Å². The van der Waals surface area contributed by atoms with Crippen molar-refractivity contribution in [3.8, 4) is 0 Å². The van der Waals surface area contributed by atoms with Gasteiger partial charge in [-0.3, -0.25) is 4.79 Å². The Bertz CT molecular complexity index is 462. The van der Waals surface area contributed by atoms with Crippen molar-refractivity contribution in [2.75, 3.05) is 6.61 Å². The fourth-order valence-corrected chi connectivity index (χ4v) is 3.85. The van der Waals surface area contributed by atoms with E-state index in [4.69, 9.17) is 4.74 Å². The molecule has 0 aromatic heterocycles. The van der Waals surface area contributed by atoms with Crippen LogP contribution < -0.4 is 5.32 Å². The first-order chi connectivity index (χ1) is 10.8. The van der Waals surface area contributed by atoms with Gasteiger partial charge < -0.3 is 10.1 Å². The molecule has 0 aliphatic carbocycles. The molecule has 22 heavy (non-hydrogen) atoms. The van der Waals surface area contributed by atoms with Crippen LogP contribution in [0.2, 0.25) is 0 Å². The first-order valence-electron chi connectivity index (χ1n) is 8.71. The molecule has 120 valence electrons. The predicted molar refractivity (Wildman–Crippen MR) is 87.6 cm³/mol. The Hall–Kier alpha value is -1.19. The van der Waals surface area contributed by atoms with Gasteiger partial charge >= 0.3 is 0 Å². The molecule has 3 rings (SSSR count). The first-order valence-corrected chi connectivity index (χ1v) is 8.71. The van der Waals surface area contributed by atoms with Crippen LogP contribution in [0.3, 0.4) is 0 Å². The molecule has 0 spiro atoms. The van der Waals surface area contributed by atoms with Gasteiger partial charge in [0.05, 0.1) is 6.61 Å². The summed E-state index contributed by atoms with van der Waals surface area (Å²) in [4.78, 5) is 12.4. The van der Waals surface area contributed by atoms with E-state index in [1.807, 2.05) is 18.2 Å². The Kier molecular flexibility index (Phi) is 5.63. The van der Waals surface area contributed by atoms with Crippen molar-refractivity contribution in [3.63, 3.8) is 0 Å². The highest BCUT2D eigenvalue weighted by atomic mass is 16.5. The summed E-state index contributed by atoms with van der Waals surface area (Å²) < 4.78 is 5.67. The van der Waals surface area contributed by atoms with Crippen LogP contribution in [0.15, 0.2) is 30.3 Å². The second-order valence-corrected chi connectivity index (χ2v) is 6.77. The van der Waals surface area contributed by atoms with E-state index in [-0.39, 0.29) is 0 Å². The summed E-state index contributed by atoms with van der Waals surface area (Å²) in [5, 5.41) is 3.66. The van der Waals surface area contributed by atoms with Crippen molar-refractivity contribution in [1.82, 2.24) is 5.32 Å². The van der Waals surface area contributed by atoms with E-state index in [2.05, 4.69) is 17.4 Å². The molecule has 3 heteroatoms. The topological polar surface area (TPSA) is 38.3 Å². The minimum absolute atomic E-state index is 0.297. The summed E-state index contributed by atoms with van der Waals surface area (Å²) in [6, 6.07) is 11.4. The van der Waals surface area contributed by atoms with E-state index in [9.17, 15) is 4.79 Å². The van der Waals surface area contributed by atoms with Gasteiger partial charge in [0.2, 0.25) is 0 Å². The molecule has 2 unspecified atom stereocenters. The summed E-state index contributed by atoms with van der Waals surface area (Å²) in [6.07, 6.45) is 7.47. The van der Waals surface area contributed by atoms with Crippen molar-refractivity contribution in [3.05, 3.63) is 35.9 Å². The van der Waals surface area contributed by atoms with E-state index in [1.54, 1.807) is 0 Å². The van der Waals surface area contributed by atoms with Crippen LogP contribution in [0, 0.1) is 5.92 Å². The average molecular weight is 301 g/mol. The molecule has 2 fully saturated rings. The number of carbonyl (C=O) groups excluding carboxylic acids is 1. The van der Waals surface area contributed by atoms with Crippen LogP contribution in [0.25, 0.3) is 0 Å². The molecule has 1 N–H and O–H groups in total. The van der Waals surface area contributed by atoms with Crippen molar-refractivity contribution in [2.24, 2.45) is 5.92 Å². The zero-order valence-corrected chi connectivity index (χ0v) is 13.3. The van der Waals surface area contributed by atoms with Gasteiger partial charge in [0.15, 0.2) is 0 Å². The highest BCUT2D eigenvalue weighted by Gasteiger charge is 2.33. The lowest BCUT2D eigenvalue weighted by Gasteiger charge is -2.39. The number of fused-ring (bicyclic) bond motifs is 2. The number of piperidine rings is 2. The van der Waals surface area contributed by atoms with Crippen LogP contribution in [0.5, 0.6) is 0 Å². The second-order valence-electron chi connectivity index (χ2n) is 6.77. The Balaban J connectivity index is 1.32. The van der Waals surface area contributed by atoms with Crippen LogP contribution in [0.4, 0.5) is 0 Å². The lowest BCUT2D eigenvalue weighted by atomic mass is 9.78. The minimum atomic E-state index is 0.297. The Labute approximate surface area is 133 Å². The summed E-state index contributed by atoms with van der Waals surface area (Å²) in [5.41, 5.74) is 1.19. The Morgan fingerprint density at radius 2 is 1.86 bits per heavy atom. The molecule has 2 aliphatic heterocycles. The van der Waals surface area contributed by atoms with Crippen LogP contribution in [-0.2, 0) is 16.1 Å². The molecule has 2 bridgehead atoms. The number of hydrogen-bond donors (Lipinski definition) is 1. The highest BCUT2D eigenvalue weighted by Crippen LogP contribution is 2.30. The van der Waals surface area contributed by atoms with E-state index >= 15 is 0 Å². The first kappa shape index (κ1) is 15.7. The summed E-state index contributed by atoms with van der Waals surface area (Å²) in [6.45, 7) is 1.32. The summed E-state index contributed by atoms with van der Waals surface area (Å²) in [5.74, 6) is 0.757. The maximum atomic E-state index is 12.4. The lowest BCUT2D eigenvalue weighted by Crippen LogP contribution is -2.50. The number of hydrogen-bond acceptors (Lipinski definition) is 3. The zero-order chi connectivity index (χ0) is 15.2. The van der Waals surface area contributed by atoms with Crippen LogP contribution >= 0.6 is 0 Å². The maximum absolute atomic E-state index is 12.4. The molecule has 1 aromatic rings. The maximum Gasteiger partial charge on any atom is 0.136 e. The third-order valence-corrected chi connectivity index (χ3v) is 4.99. The molecule has 1 aromatic carbocycles. The largest absolute Gasteiger partial charge is 0.377 e. The monoisotopic (exact) mass is 301 g/mol. The number of nitrogens with one attached hydrogen (secondary N) is 1. The van der Waals surface area contributed by atoms with Gasteiger partial charge in [-0.15, -0.1) is 0 Å². The smallest absolute Gasteiger partial charge is 0.136 e. The normalized spacial score (nSPS) is 27.5. The van der Waals surface area contributed by atoms with Gasteiger partial charge in [-0.1, -0.05) is 36.8 Å². The third kappa shape index (κ3) is 4.40. The SMILES string of the molecule is O=C(CCCOCc1ccccc1)C1CC2CCCC(C1)N2. The van der Waals surface area contributed by atoms with E-state index in [0.29, 0.717) is 43.4 Å². The molecule has 2 aliphatic rings. The van der Waals surface area contributed by atoms with Gasteiger partial charge in [-0.25, -0.2) is 0 Å². The van der Waals surface area contributed by atoms with Gasteiger partial charge in [0.1, 0.15) is 5.78 Å². The van der Waals surface area contributed by atoms with E-state index < -0.39 is 0 Å². The van der Waals surface area contributed by atoms with Crippen molar-refractivity contribution >= 4 is 5.78 Å². The molecule has 2 heterocycles. The molecular weight excluding hydrogens is 274 g/mol. The van der Waals surface area contributed by atoms with E-state index in [0.717, 1.165) is 19.3 Å². The molecular formula is C19H27NO2. The fraction of sp³-hybridized carbons (Fsp3) is 0.632. The van der Waals surface area contributed by atoms with Crippen molar-refractivity contribution in [1.29, 1.82) is 0 Å². The number of rotatable bonds is 7. The van der Waals surface area contributed by atoms with Crippen LogP contribution in [-0.4, -0.2) is 24.5 Å². The molecule has 2 atom stereocenters. The minimum Gasteiger partial charge on any atom is -0.377 e. The lowest BCUT2D eigenvalue weighted by molar-refractivity contribution is -0.125. The van der Waals surface area contributed by atoms with Crippen molar-refractivity contribution < 1.29 is 9.53 Å². The van der Waals surface area contributed by atoms with Gasteiger partial charge in [0.25, 0.3) is 0 Å². The van der Waals surface area contributed by atoms with Gasteiger partial charge in [0, 0.05) is 31.0 Å². The molecule has 2 saturated heterocycles. The molecule has 0 amide bonds. The standard InChI is InChI=1S/C19H27NO2/c21-19(16-12-17-8-4-9-18(13-16)20-17)10-5-11-22-14-15-6-2-1-3-7-15/h1-3,6-7,16-18,20H,4-5,8-14H2. The zero-order valence-electron chi connectivity index (χ0n) is 13.3. The average Bonchev–Trinajstić information content (AvgIpc) is 2.55. The number of ketones is 1. The van der Waals surface area contributed by atoms with Crippen LogP contribution in [0.1, 0.15) is 50.5 Å². The third-order valence-electron chi connectivity index (χ3n) is 4.99. The number of ether oxygens (including phenoxy) is 1. The Morgan fingerprint density at radius 1 is 1.14 bits per heavy atom. The number of Topliss-reactive ketones (excluding diaryl/α,β-unsaturated/α-hetero) is 1. The summed E-state index contributed by atoms with van der Waals surface area (Å²) in [7, 11) is 0. The Morgan fingerprint density at radius 3 is 2.59 bits per heavy atom. The quantitative estimate of drug-likeness (QED) is 0.784. The van der Waals surface area contributed by atoms with Gasteiger partial charge in [-0.05, 0) is 37.7 Å². The second kappa shape index (κ2) is 7.89. The van der Waals surface area contributed by atoms with E-state index in [1.165, 1.54) is 24.8 Å². The number of benzene rings is 1. The highest BCUT2D eigenvalue weighted by molar-refractivity contribution is 5.81. The number of carbonyl (C=O) groups is 1.